The van der Waals surface area contributed by atoms with E-state index in [4.69, 9.17) is 9.47 Å². The van der Waals surface area contributed by atoms with Gasteiger partial charge in [0.15, 0.2) is 0 Å². The Kier molecular flexibility index (Phi) is 8.95. The van der Waals surface area contributed by atoms with Gasteiger partial charge in [-0.25, -0.2) is 8.42 Å². The Morgan fingerprint density at radius 1 is 1.00 bits per heavy atom. The smallest absolute Gasteiger partial charge is 0.262 e. The highest BCUT2D eigenvalue weighted by molar-refractivity contribution is 7.92. The maximum absolute atomic E-state index is 12.6. The molecule has 0 bridgehead atoms. The number of sulfonamides is 1. The van der Waals surface area contributed by atoms with Crippen molar-refractivity contribution in [1.29, 1.82) is 0 Å². The van der Waals surface area contributed by atoms with Crippen LogP contribution < -0.4 is 14.8 Å². The molecule has 0 saturated carbocycles. The number of methoxy groups -OCH3 is 1. The molecule has 0 aromatic heterocycles. The summed E-state index contributed by atoms with van der Waals surface area (Å²) in [5.74, 6) is 0.172. The van der Waals surface area contributed by atoms with Gasteiger partial charge in [0, 0.05) is 25.3 Å². The van der Waals surface area contributed by atoms with Crippen molar-refractivity contribution >= 4 is 21.6 Å². The SMILES string of the molecule is CCCCOCCCNC(=O)c1ccc(S(=O)(=O)Nc2ccccc2OC)cc1. The Labute approximate surface area is 172 Å². The molecule has 0 spiro atoms. The molecule has 8 heteroatoms. The molecule has 7 nitrogen and oxygen atoms in total. The zero-order valence-electron chi connectivity index (χ0n) is 16.8. The standard InChI is InChI=1S/C21H28N2O5S/c1-3-4-15-28-16-7-14-22-21(24)17-10-12-18(13-11-17)29(25,26)23-19-8-5-6-9-20(19)27-2/h5-6,8-13,23H,3-4,7,14-16H2,1-2H3,(H,22,24). The van der Waals surface area contributed by atoms with Crippen LogP contribution >= 0.6 is 0 Å². The first-order chi connectivity index (χ1) is 14.0. The van der Waals surface area contributed by atoms with Gasteiger partial charge < -0.3 is 14.8 Å². The average molecular weight is 421 g/mol. The second-order valence-electron chi connectivity index (χ2n) is 6.41. The predicted molar refractivity (Wildman–Crippen MR) is 113 cm³/mol. The molecule has 1 amide bonds. The summed E-state index contributed by atoms with van der Waals surface area (Å²) in [7, 11) is -2.33. The lowest BCUT2D eigenvalue weighted by Gasteiger charge is -2.12. The molecule has 29 heavy (non-hydrogen) atoms. The van der Waals surface area contributed by atoms with Gasteiger partial charge in [-0.3, -0.25) is 9.52 Å². The Morgan fingerprint density at radius 3 is 2.38 bits per heavy atom. The number of carbonyl (C=O) groups excluding carboxylic acids is 1. The molecule has 0 saturated heterocycles. The lowest BCUT2D eigenvalue weighted by atomic mass is 10.2. The van der Waals surface area contributed by atoms with Crippen LogP contribution in [0.2, 0.25) is 0 Å². The average Bonchev–Trinajstić information content (AvgIpc) is 2.73. The first-order valence-electron chi connectivity index (χ1n) is 9.59. The van der Waals surface area contributed by atoms with E-state index in [0.29, 0.717) is 30.2 Å². The first kappa shape index (κ1) is 22.7. The number of para-hydroxylation sites is 2. The molecule has 0 heterocycles. The number of nitrogens with one attached hydrogen (secondary N) is 2. The minimum atomic E-state index is -3.80. The zero-order valence-corrected chi connectivity index (χ0v) is 17.6. The lowest BCUT2D eigenvalue weighted by molar-refractivity contribution is 0.0940. The number of carbonyl (C=O) groups is 1. The molecule has 0 radical (unpaired) electrons. The summed E-state index contributed by atoms with van der Waals surface area (Å²) in [6, 6.07) is 12.5. The van der Waals surface area contributed by atoms with Crippen LogP contribution in [0.4, 0.5) is 5.69 Å². The van der Waals surface area contributed by atoms with Crippen molar-refractivity contribution < 1.29 is 22.7 Å². The summed E-state index contributed by atoms with van der Waals surface area (Å²) in [6.07, 6.45) is 2.86. The third-order valence-corrected chi connectivity index (χ3v) is 5.55. The molecule has 0 atom stereocenters. The molecular weight excluding hydrogens is 392 g/mol. The van der Waals surface area contributed by atoms with E-state index in [1.165, 1.54) is 31.4 Å². The summed E-state index contributed by atoms with van der Waals surface area (Å²) >= 11 is 0. The van der Waals surface area contributed by atoms with E-state index in [1.807, 2.05) is 0 Å². The summed E-state index contributed by atoms with van der Waals surface area (Å²) in [5, 5.41) is 2.80. The highest BCUT2D eigenvalue weighted by atomic mass is 32.2. The van der Waals surface area contributed by atoms with Crippen molar-refractivity contribution in [2.24, 2.45) is 0 Å². The molecular formula is C21H28N2O5S. The minimum absolute atomic E-state index is 0.0595. The van der Waals surface area contributed by atoms with E-state index in [9.17, 15) is 13.2 Å². The normalized spacial score (nSPS) is 11.1. The fourth-order valence-electron chi connectivity index (χ4n) is 2.54. The van der Waals surface area contributed by atoms with Crippen molar-refractivity contribution in [3.05, 3.63) is 54.1 Å². The summed E-state index contributed by atoms with van der Waals surface area (Å²) in [6.45, 7) is 3.95. The molecule has 158 valence electrons. The molecule has 0 aliphatic rings. The van der Waals surface area contributed by atoms with Crippen molar-refractivity contribution in [1.82, 2.24) is 5.32 Å². The van der Waals surface area contributed by atoms with Crippen molar-refractivity contribution in [2.75, 3.05) is 31.6 Å². The molecule has 0 aliphatic heterocycles. The lowest BCUT2D eigenvalue weighted by Crippen LogP contribution is -2.25. The van der Waals surface area contributed by atoms with E-state index in [1.54, 1.807) is 24.3 Å². The molecule has 0 unspecified atom stereocenters. The van der Waals surface area contributed by atoms with Gasteiger partial charge >= 0.3 is 0 Å². The van der Waals surface area contributed by atoms with Gasteiger partial charge in [-0.2, -0.15) is 0 Å². The van der Waals surface area contributed by atoms with Gasteiger partial charge in [-0.1, -0.05) is 25.5 Å². The highest BCUT2D eigenvalue weighted by Gasteiger charge is 2.17. The van der Waals surface area contributed by atoms with Crippen LogP contribution in [0, 0.1) is 0 Å². The maximum Gasteiger partial charge on any atom is 0.262 e. The summed E-state index contributed by atoms with van der Waals surface area (Å²) in [5.41, 5.74) is 0.742. The Morgan fingerprint density at radius 2 is 1.69 bits per heavy atom. The molecule has 2 aromatic rings. The van der Waals surface area contributed by atoms with E-state index in [-0.39, 0.29) is 10.8 Å². The number of hydrogen-bond donors (Lipinski definition) is 2. The Hall–Kier alpha value is -2.58. The van der Waals surface area contributed by atoms with E-state index < -0.39 is 10.0 Å². The van der Waals surface area contributed by atoms with Crippen LogP contribution in [-0.2, 0) is 14.8 Å². The Bertz CT molecular complexity index is 882. The monoisotopic (exact) mass is 420 g/mol. The first-order valence-corrected chi connectivity index (χ1v) is 11.1. The predicted octanol–water partition coefficient (Wildman–Crippen LogP) is 3.43. The number of benzene rings is 2. The second kappa shape index (κ2) is 11.4. The van der Waals surface area contributed by atoms with E-state index in [2.05, 4.69) is 17.0 Å². The molecule has 2 N–H and O–H groups in total. The van der Waals surface area contributed by atoms with Crippen LogP contribution in [0.15, 0.2) is 53.4 Å². The fraction of sp³-hybridized carbons (Fsp3) is 0.381. The topological polar surface area (TPSA) is 93.7 Å². The van der Waals surface area contributed by atoms with Crippen LogP contribution in [0.5, 0.6) is 5.75 Å². The number of rotatable bonds is 12. The molecule has 0 aliphatic carbocycles. The quantitative estimate of drug-likeness (QED) is 0.513. The second-order valence-corrected chi connectivity index (χ2v) is 8.09. The third kappa shape index (κ3) is 7.07. The number of hydrogen-bond acceptors (Lipinski definition) is 5. The van der Waals surface area contributed by atoms with Gasteiger partial charge in [0.25, 0.3) is 15.9 Å². The molecule has 0 fully saturated rings. The van der Waals surface area contributed by atoms with E-state index >= 15 is 0 Å². The highest BCUT2D eigenvalue weighted by Crippen LogP contribution is 2.26. The summed E-state index contributed by atoms with van der Waals surface area (Å²) in [4.78, 5) is 12.2. The van der Waals surface area contributed by atoms with Crippen LogP contribution in [0.1, 0.15) is 36.5 Å². The Balaban J connectivity index is 1.90. The van der Waals surface area contributed by atoms with Crippen LogP contribution in [0.3, 0.4) is 0 Å². The van der Waals surface area contributed by atoms with Gasteiger partial charge in [-0.05, 0) is 49.2 Å². The number of anilines is 1. The fourth-order valence-corrected chi connectivity index (χ4v) is 3.62. The maximum atomic E-state index is 12.6. The van der Waals surface area contributed by atoms with Gasteiger partial charge in [0.1, 0.15) is 5.75 Å². The molecule has 2 rings (SSSR count). The summed E-state index contributed by atoms with van der Waals surface area (Å²) < 4.78 is 38.3. The van der Waals surface area contributed by atoms with Crippen molar-refractivity contribution in [3.63, 3.8) is 0 Å². The van der Waals surface area contributed by atoms with Crippen LogP contribution in [-0.4, -0.2) is 41.2 Å². The van der Waals surface area contributed by atoms with E-state index in [0.717, 1.165) is 25.9 Å². The van der Waals surface area contributed by atoms with Gasteiger partial charge in [0.05, 0.1) is 17.7 Å². The number of amides is 1. The van der Waals surface area contributed by atoms with Gasteiger partial charge in [-0.15, -0.1) is 0 Å². The molecule has 2 aromatic carbocycles. The van der Waals surface area contributed by atoms with Crippen molar-refractivity contribution in [3.8, 4) is 5.75 Å². The zero-order chi connectivity index (χ0) is 21.1. The number of ether oxygens (including phenoxy) is 2. The van der Waals surface area contributed by atoms with Crippen molar-refractivity contribution in [2.45, 2.75) is 31.1 Å². The largest absolute Gasteiger partial charge is 0.495 e. The number of unbranched alkanes of at least 4 members (excludes halogenated alkanes) is 1. The van der Waals surface area contributed by atoms with Crippen LogP contribution in [0.25, 0.3) is 0 Å². The third-order valence-electron chi connectivity index (χ3n) is 4.17. The van der Waals surface area contributed by atoms with Gasteiger partial charge in [0.2, 0.25) is 0 Å². The minimum Gasteiger partial charge on any atom is -0.495 e.